The Balaban J connectivity index is 1.86. The molecule has 0 saturated heterocycles. The van der Waals surface area contributed by atoms with Gasteiger partial charge < -0.3 is 18.5 Å². The summed E-state index contributed by atoms with van der Waals surface area (Å²) in [5, 5.41) is 0. The summed E-state index contributed by atoms with van der Waals surface area (Å²) >= 11 is 0. The van der Waals surface area contributed by atoms with Crippen molar-refractivity contribution in [3.05, 3.63) is 44.8 Å². The van der Waals surface area contributed by atoms with Crippen molar-refractivity contribution >= 4 is 8.38 Å². The van der Waals surface area contributed by atoms with Crippen LogP contribution >= 0.6 is 8.38 Å². The smallest absolute Gasteiger partial charge is 0.330 e. The van der Waals surface area contributed by atoms with Gasteiger partial charge >= 0.3 is 5.69 Å². The zero-order valence-corrected chi connectivity index (χ0v) is 15.0. The molecule has 24 heavy (non-hydrogen) atoms. The molecule has 1 aromatic heterocycles. The Morgan fingerprint density at radius 3 is 2.62 bits per heavy atom. The van der Waals surface area contributed by atoms with Gasteiger partial charge in [-0.05, 0) is 26.8 Å². The monoisotopic (exact) mass is 358 g/mol. The third kappa shape index (κ3) is 5.09. The molecule has 0 aliphatic carbocycles. The van der Waals surface area contributed by atoms with Crippen molar-refractivity contribution in [3.8, 4) is 0 Å². The van der Waals surface area contributed by atoms with E-state index in [1.807, 2.05) is 19.9 Å². The SMILES string of the molecule is CCOP(COCC1C=CC(n2cc(C)c(=O)[nH]c2=O)O1)OCC. The lowest BCUT2D eigenvalue weighted by Gasteiger charge is -2.18. The molecular formula is C15H23N2O6P. The van der Waals surface area contributed by atoms with E-state index in [0.717, 1.165) is 0 Å². The van der Waals surface area contributed by atoms with E-state index in [1.165, 1.54) is 10.8 Å². The highest BCUT2D eigenvalue weighted by Gasteiger charge is 2.22. The number of nitrogens with one attached hydrogen (secondary N) is 1. The molecule has 1 aliphatic heterocycles. The van der Waals surface area contributed by atoms with Crippen LogP contribution in [0.15, 0.2) is 27.9 Å². The minimum atomic E-state index is -1.05. The van der Waals surface area contributed by atoms with E-state index in [4.69, 9.17) is 18.5 Å². The van der Waals surface area contributed by atoms with Gasteiger partial charge in [0.15, 0.2) is 14.6 Å². The fraction of sp³-hybridized carbons (Fsp3) is 0.600. The minimum Gasteiger partial charge on any atom is -0.369 e. The maximum atomic E-state index is 11.9. The first-order valence-electron chi connectivity index (χ1n) is 7.82. The number of hydrogen-bond donors (Lipinski definition) is 1. The van der Waals surface area contributed by atoms with Crippen LogP contribution in [0.5, 0.6) is 0 Å². The lowest BCUT2D eigenvalue weighted by Crippen LogP contribution is -2.33. The maximum Gasteiger partial charge on any atom is 0.330 e. The summed E-state index contributed by atoms with van der Waals surface area (Å²) in [6.07, 6.45) is 4.63. The predicted octanol–water partition coefficient (Wildman–Crippen LogP) is 1.66. The van der Waals surface area contributed by atoms with Gasteiger partial charge in [0, 0.05) is 11.8 Å². The van der Waals surface area contributed by atoms with Crippen molar-refractivity contribution in [1.82, 2.24) is 9.55 Å². The van der Waals surface area contributed by atoms with Gasteiger partial charge in [-0.3, -0.25) is 14.3 Å². The molecular weight excluding hydrogens is 335 g/mol. The van der Waals surface area contributed by atoms with Crippen molar-refractivity contribution in [1.29, 1.82) is 0 Å². The Morgan fingerprint density at radius 1 is 1.25 bits per heavy atom. The Morgan fingerprint density at radius 2 is 1.96 bits per heavy atom. The largest absolute Gasteiger partial charge is 0.369 e. The second-order valence-electron chi connectivity index (χ2n) is 5.10. The van der Waals surface area contributed by atoms with E-state index in [9.17, 15) is 9.59 Å². The topological polar surface area (TPSA) is 91.8 Å². The van der Waals surface area contributed by atoms with E-state index < -0.39 is 25.9 Å². The number of aryl methyl sites for hydroxylation is 1. The Bertz CT molecular complexity index is 665. The van der Waals surface area contributed by atoms with Crippen LogP contribution in [-0.4, -0.2) is 41.8 Å². The number of ether oxygens (including phenoxy) is 2. The summed E-state index contributed by atoms with van der Waals surface area (Å²) in [7, 11) is -1.05. The summed E-state index contributed by atoms with van der Waals surface area (Å²) in [5.74, 6) is 0. The van der Waals surface area contributed by atoms with Crippen molar-refractivity contribution in [2.45, 2.75) is 33.1 Å². The average Bonchev–Trinajstić information content (AvgIpc) is 3.00. The molecule has 0 spiro atoms. The van der Waals surface area contributed by atoms with Crippen molar-refractivity contribution in [2.75, 3.05) is 26.2 Å². The van der Waals surface area contributed by atoms with Gasteiger partial charge in [-0.1, -0.05) is 6.08 Å². The van der Waals surface area contributed by atoms with Gasteiger partial charge in [-0.2, -0.15) is 0 Å². The van der Waals surface area contributed by atoms with Crippen LogP contribution in [0.25, 0.3) is 0 Å². The van der Waals surface area contributed by atoms with E-state index in [0.29, 0.717) is 31.7 Å². The standard InChI is InChI=1S/C15H23N2O6P/c1-4-21-24(22-5-2)10-20-9-12-6-7-13(23-12)17-8-11(3)14(18)16-15(17)19/h6-8,12-13H,4-5,9-10H2,1-3H3,(H,16,18,19). The number of aromatic amines is 1. The molecule has 2 atom stereocenters. The van der Waals surface area contributed by atoms with Gasteiger partial charge in [-0.25, -0.2) is 4.79 Å². The average molecular weight is 358 g/mol. The molecule has 0 bridgehead atoms. The normalized spacial score (nSPS) is 20.2. The number of H-pyrrole nitrogens is 1. The highest BCUT2D eigenvalue weighted by atomic mass is 31.2. The Hall–Kier alpha value is -1.31. The Kier molecular flexibility index (Phi) is 7.33. The lowest BCUT2D eigenvalue weighted by atomic mass is 10.3. The highest BCUT2D eigenvalue weighted by Crippen LogP contribution is 2.37. The van der Waals surface area contributed by atoms with Crippen LogP contribution in [0.1, 0.15) is 25.6 Å². The van der Waals surface area contributed by atoms with Crippen LogP contribution in [0.4, 0.5) is 0 Å². The molecule has 1 N–H and O–H groups in total. The highest BCUT2D eigenvalue weighted by molar-refractivity contribution is 7.47. The molecule has 1 aliphatic rings. The minimum absolute atomic E-state index is 0.269. The van der Waals surface area contributed by atoms with Crippen LogP contribution in [0.2, 0.25) is 0 Å². The molecule has 0 amide bonds. The van der Waals surface area contributed by atoms with Crippen molar-refractivity contribution in [3.63, 3.8) is 0 Å². The third-order valence-corrected chi connectivity index (χ3v) is 4.74. The number of nitrogens with zero attached hydrogens (tertiary/aromatic N) is 1. The van der Waals surface area contributed by atoms with Gasteiger partial charge in [0.2, 0.25) is 0 Å². The summed E-state index contributed by atoms with van der Waals surface area (Å²) in [5.41, 5.74) is -0.443. The number of hydrogen-bond acceptors (Lipinski definition) is 6. The van der Waals surface area contributed by atoms with Crippen molar-refractivity contribution in [2.24, 2.45) is 0 Å². The summed E-state index contributed by atoms with van der Waals surface area (Å²) in [6.45, 7) is 6.94. The van der Waals surface area contributed by atoms with Gasteiger partial charge in [-0.15, -0.1) is 0 Å². The molecule has 1 aromatic rings. The quantitative estimate of drug-likeness (QED) is 0.533. The van der Waals surface area contributed by atoms with E-state index in [1.54, 1.807) is 13.0 Å². The molecule has 0 fully saturated rings. The van der Waals surface area contributed by atoms with E-state index in [2.05, 4.69) is 4.98 Å². The van der Waals surface area contributed by atoms with Crippen LogP contribution in [0.3, 0.4) is 0 Å². The zero-order chi connectivity index (χ0) is 17.5. The molecule has 2 rings (SSSR count). The molecule has 0 saturated carbocycles. The van der Waals surface area contributed by atoms with Gasteiger partial charge in [0.25, 0.3) is 5.56 Å². The Labute approximate surface area is 141 Å². The molecule has 8 nitrogen and oxygen atoms in total. The second-order valence-corrected chi connectivity index (χ2v) is 6.54. The first-order chi connectivity index (χ1) is 11.5. The summed E-state index contributed by atoms with van der Waals surface area (Å²) in [6, 6.07) is 0. The van der Waals surface area contributed by atoms with Crippen molar-refractivity contribution < 1.29 is 18.5 Å². The first kappa shape index (κ1) is 19.0. The zero-order valence-electron chi connectivity index (χ0n) is 14.1. The van der Waals surface area contributed by atoms with Gasteiger partial charge in [0.1, 0.15) is 12.5 Å². The lowest BCUT2D eigenvalue weighted by molar-refractivity contribution is -0.0247. The van der Waals surface area contributed by atoms with E-state index >= 15 is 0 Å². The third-order valence-electron chi connectivity index (χ3n) is 3.25. The molecule has 0 aromatic carbocycles. The fourth-order valence-corrected chi connectivity index (χ4v) is 3.21. The van der Waals surface area contributed by atoms with Gasteiger partial charge in [0.05, 0.1) is 19.8 Å². The maximum absolute atomic E-state index is 11.9. The van der Waals surface area contributed by atoms with Crippen LogP contribution in [-0.2, 0) is 18.5 Å². The van der Waals surface area contributed by atoms with Crippen LogP contribution in [0, 0.1) is 6.92 Å². The summed E-state index contributed by atoms with van der Waals surface area (Å²) < 4.78 is 23.6. The molecule has 0 radical (unpaired) electrons. The number of aromatic nitrogens is 2. The first-order valence-corrected chi connectivity index (χ1v) is 9.18. The molecule has 2 unspecified atom stereocenters. The van der Waals surface area contributed by atoms with Crippen LogP contribution < -0.4 is 11.2 Å². The predicted molar refractivity (Wildman–Crippen MR) is 90.1 cm³/mol. The molecule has 134 valence electrons. The van der Waals surface area contributed by atoms with E-state index in [-0.39, 0.29) is 6.10 Å². The molecule has 9 heteroatoms. The number of rotatable bonds is 9. The fourth-order valence-electron chi connectivity index (χ4n) is 2.16. The summed E-state index contributed by atoms with van der Waals surface area (Å²) in [4.78, 5) is 25.5. The molecule has 2 heterocycles. The second kappa shape index (κ2) is 9.25.